The third kappa shape index (κ3) is 5.70. The molecule has 4 atom stereocenters. The van der Waals surface area contributed by atoms with E-state index >= 15 is 0 Å². The van der Waals surface area contributed by atoms with E-state index in [4.69, 9.17) is 13.9 Å². The van der Waals surface area contributed by atoms with Crippen LogP contribution in [0, 0.1) is 11.8 Å². The predicted molar refractivity (Wildman–Crippen MR) is 120 cm³/mol. The molecule has 0 saturated carbocycles. The average molecular weight is 431 g/mol. The monoisotopic (exact) mass is 430 g/mol. The Kier molecular flexibility index (Phi) is 9.14. The summed E-state index contributed by atoms with van der Waals surface area (Å²) in [5, 5.41) is 10.7. The number of hydrogen-bond donors (Lipinski definition) is 1. The largest absolute Gasteiger partial charge is 0.410 e. The van der Waals surface area contributed by atoms with Gasteiger partial charge >= 0.3 is 0 Å². The summed E-state index contributed by atoms with van der Waals surface area (Å²) in [6.07, 6.45) is -2.89. The van der Waals surface area contributed by atoms with Gasteiger partial charge in [-0.25, -0.2) is 0 Å². The molecular formula is C23H46O5Si. The van der Waals surface area contributed by atoms with Crippen molar-refractivity contribution in [1.82, 2.24) is 0 Å². The number of Topliss-reactive ketones (excluding diaryl/α,β-unsaturated/α-hetero) is 1. The highest BCUT2D eigenvalue weighted by Gasteiger charge is 2.53. The van der Waals surface area contributed by atoms with Crippen LogP contribution in [0.4, 0.5) is 0 Å². The summed E-state index contributed by atoms with van der Waals surface area (Å²) in [7, 11) is -2.22. The lowest BCUT2D eigenvalue weighted by atomic mass is 9.89. The fourth-order valence-corrected chi connectivity index (χ4v) is 10.6. The lowest BCUT2D eigenvalue weighted by molar-refractivity contribution is -0.303. The van der Waals surface area contributed by atoms with Crippen molar-refractivity contribution in [2.45, 2.75) is 130 Å². The van der Waals surface area contributed by atoms with E-state index in [0.717, 1.165) is 0 Å². The van der Waals surface area contributed by atoms with Crippen LogP contribution in [0.25, 0.3) is 0 Å². The summed E-state index contributed by atoms with van der Waals surface area (Å²) in [6.45, 7) is 25.0. The summed E-state index contributed by atoms with van der Waals surface area (Å²) in [6, 6.07) is 0. The van der Waals surface area contributed by atoms with Crippen LogP contribution in [0.2, 0.25) is 16.6 Å². The Labute approximate surface area is 180 Å². The fourth-order valence-electron chi connectivity index (χ4n) is 4.93. The SMILES string of the molecule is CC(C)[C@@H](O)[C@H]1OC(C)(C)O[C@@H]([C@@H](O[Si](C(C)C)(C(C)C)C(C)C)C(C)C)C1=O. The van der Waals surface area contributed by atoms with Gasteiger partial charge in [0.25, 0.3) is 0 Å². The maximum Gasteiger partial charge on any atom is 0.200 e. The molecule has 0 radical (unpaired) electrons. The van der Waals surface area contributed by atoms with Crippen molar-refractivity contribution in [3.05, 3.63) is 0 Å². The van der Waals surface area contributed by atoms with Crippen LogP contribution in [0.5, 0.6) is 0 Å². The molecule has 1 heterocycles. The van der Waals surface area contributed by atoms with Crippen molar-refractivity contribution in [2.24, 2.45) is 11.8 Å². The molecule has 1 rings (SSSR count). The van der Waals surface area contributed by atoms with Crippen molar-refractivity contribution in [3.63, 3.8) is 0 Å². The molecule has 1 N–H and O–H groups in total. The predicted octanol–water partition coefficient (Wildman–Crippen LogP) is 5.31. The molecule has 1 saturated heterocycles. The molecular weight excluding hydrogens is 384 g/mol. The molecule has 1 aliphatic heterocycles. The zero-order chi connectivity index (χ0) is 22.9. The number of hydrogen-bond acceptors (Lipinski definition) is 5. The Hall–Kier alpha value is -0.273. The third-order valence-corrected chi connectivity index (χ3v) is 12.5. The molecule has 0 aromatic carbocycles. The smallest absolute Gasteiger partial charge is 0.200 e. The minimum absolute atomic E-state index is 0.0904. The maximum absolute atomic E-state index is 13.4. The molecule has 6 heteroatoms. The second kappa shape index (κ2) is 9.90. The van der Waals surface area contributed by atoms with E-state index in [2.05, 4.69) is 55.4 Å². The van der Waals surface area contributed by atoms with Gasteiger partial charge in [-0.15, -0.1) is 0 Å². The highest BCUT2D eigenvalue weighted by atomic mass is 28.4. The molecule has 0 aromatic rings. The average Bonchev–Trinajstić information content (AvgIpc) is 2.55. The lowest BCUT2D eigenvalue weighted by Crippen LogP contribution is -2.63. The maximum atomic E-state index is 13.4. The van der Waals surface area contributed by atoms with Crippen molar-refractivity contribution in [2.75, 3.05) is 0 Å². The van der Waals surface area contributed by atoms with Gasteiger partial charge in [-0.05, 0) is 42.3 Å². The van der Waals surface area contributed by atoms with Gasteiger partial charge in [0.05, 0.1) is 12.2 Å². The molecule has 0 spiro atoms. The summed E-state index contributed by atoms with van der Waals surface area (Å²) >= 11 is 0. The fraction of sp³-hybridized carbons (Fsp3) is 0.957. The van der Waals surface area contributed by atoms with E-state index in [-0.39, 0.29) is 23.7 Å². The van der Waals surface area contributed by atoms with Crippen LogP contribution in [0.1, 0.15) is 83.1 Å². The van der Waals surface area contributed by atoms with Crippen LogP contribution in [0.15, 0.2) is 0 Å². The molecule has 5 nitrogen and oxygen atoms in total. The number of carbonyl (C=O) groups excluding carboxylic acids is 1. The summed E-state index contributed by atoms with van der Waals surface area (Å²) in [5.41, 5.74) is 1.22. The van der Waals surface area contributed by atoms with E-state index in [1.54, 1.807) is 0 Å². The van der Waals surface area contributed by atoms with E-state index in [1.165, 1.54) is 0 Å². The Bertz CT molecular complexity index is 520. The van der Waals surface area contributed by atoms with Crippen molar-refractivity contribution < 1.29 is 23.8 Å². The Balaban J connectivity index is 3.40. The van der Waals surface area contributed by atoms with Crippen LogP contribution >= 0.6 is 0 Å². The van der Waals surface area contributed by atoms with Crippen LogP contribution < -0.4 is 0 Å². The number of aliphatic hydroxyl groups excluding tert-OH is 1. The molecule has 0 bridgehead atoms. The molecule has 1 fully saturated rings. The third-order valence-electron chi connectivity index (χ3n) is 6.38. The van der Waals surface area contributed by atoms with Gasteiger partial charge in [-0.3, -0.25) is 4.79 Å². The Morgan fingerprint density at radius 3 is 1.59 bits per heavy atom. The van der Waals surface area contributed by atoms with Gasteiger partial charge in [-0.2, -0.15) is 0 Å². The molecule has 0 unspecified atom stereocenters. The second-order valence-electron chi connectivity index (χ2n) is 10.8. The first kappa shape index (κ1) is 26.8. The van der Waals surface area contributed by atoms with Crippen molar-refractivity contribution in [1.29, 1.82) is 0 Å². The van der Waals surface area contributed by atoms with E-state index in [9.17, 15) is 9.90 Å². The van der Waals surface area contributed by atoms with Gasteiger partial charge < -0.3 is 19.0 Å². The second-order valence-corrected chi connectivity index (χ2v) is 16.2. The number of aliphatic hydroxyl groups is 1. The van der Waals surface area contributed by atoms with Gasteiger partial charge in [0, 0.05) is 0 Å². The first-order valence-corrected chi connectivity index (χ1v) is 13.5. The number of ketones is 1. The van der Waals surface area contributed by atoms with Crippen LogP contribution in [-0.4, -0.2) is 49.4 Å². The van der Waals surface area contributed by atoms with E-state index in [0.29, 0.717) is 16.6 Å². The Morgan fingerprint density at radius 1 is 0.828 bits per heavy atom. The standard InChI is InChI=1S/C23H46O5Si/c1-13(2)18(24)21-19(25)22(27-23(11,12)26-21)20(14(3)4)28-29(15(5)6,16(7)8)17(9)10/h13-18,20-22,24H,1-12H3/t18-,20+,21-,22-/m1/s1. The quantitative estimate of drug-likeness (QED) is 0.502. The minimum Gasteiger partial charge on any atom is -0.410 e. The molecule has 1 aliphatic rings. The van der Waals surface area contributed by atoms with E-state index < -0.39 is 32.4 Å². The molecule has 0 aliphatic carbocycles. The normalized spacial score (nSPS) is 25.5. The zero-order valence-corrected chi connectivity index (χ0v) is 21.8. The minimum atomic E-state index is -2.22. The van der Waals surface area contributed by atoms with Crippen molar-refractivity contribution in [3.8, 4) is 0 Å². The molecule has 29 heavy (non-hydrogen) atoms. The number of ether oxygens (including phenoxy) is 2. The summed E-state index contributed by atoms with van der Waals surface area (Å²) in [4.78, 5) is 13.4. The van der Waals surface area contributed by atoms with Crippen LogP contribution in [0.3, 0.4) is 0 Å². The summed E-state index contributed by atoms with van der Waals surface area (Å²) < 4.78 is 19.1. The zero-order valence-electron chi connectivity index (χ0n) is 20.8. The van der Waals surface area contributed by atoms with Gasteiger partial charge in [0.1, 0.15) is 12.2 Å². The summed E-state index contributed by atoms with van der Waals surface area (Å²) in [5.74, 6) is -1.17. The van der Waals surface area contributed by atoms with Gasteiger partial charge in [-0.1, -0.05) is 69.2 Å². The molecule has 0 amide bonds. The first-order valence-electron chi connectivity index (χ1n) is 11.3. The molecule has 172 valence electrons. The first-order chi connectivity index (χ1) is 13.1. The topological polar surface area (TPSA) is 65.0 Å². The number of rotatable bonds is 9. The highest BCUT2D eigenvalue weighted by molar-refractivity contribution is 6.77. The van der Waals surface area contributed by atoms with Crippen molar-refractivity contribution >= 4 is 14.1 Å². The van der Waals surface area contributed by atoms with Gasteiger partial charge in [0.2, 0.25) is 8.32 Å². The Morgan fingerprint density at radius 2 is 1.24 bits per heavy atom. The van der Waals surface area contributed by atoms with Gasteiger partial charge in [0.15, 0.2) is 11.6 Å². The number of carbonyl (C=O) groups is 1. The molecule has 0 aromatic heterocycles. The van der Waals surface area contributed by atoms with E-state index in [1.807, 2.05) is 27.7 Å². The lowest BCUT2D eigenvalue weighted by Gasteiger charge is -2.50. The van der Waals surface area contributed by atoms with Crippen LogP contribution in [-0.2, 0) is 18.7 Å². The highest BCUT2D eigenvalue weighted by Crippen LogP contribution is 2.45.